The number of fused-ring (bicyclic) bond motifs is 1. The molecule has 1 aliphatic heterocycles. The van der Waals surface area contributed by atoms with Gasteiger partial charge in [-0.1, -0.05) is 25.7 Å². The van der Waals surface area contributed by atoms with Gasteiger partial charge >= 0.3 is 0 Å². The molecule has 0 amide bonds. The van der Waals surface area contributed by atoms with E-state index >= 15 is 0 Å². The summed E-state index contributed by atoms with van der Waals surface area (Å²) in [6.45, 7) is -0.0951. The lowest BCUT2D eigenvalue weighted by atomic mass is 10.1. The van der Waals surface area contributed by atoms with Crippen molar-refractivity contribution in [3.8, 4) is 0 Å². The zero-order valence-electron chi connectivity index (χ0n) is 14.3. The zero-order chi connectivity index (χ0) is 17.2. The third-order valence-electron chi connectivity index (χ3n) is 5.32. The number of pyridine rings is 1. The van der Waals surface area contributed by atoms with Gasteiger partial charge in [0, 0.05) is 18.7 Å². The standard InChI is InChI=1S/C18H26N4O3/c23-10-13-9-15(24)18(25-13)22-11-20-16-14(7-8-19-17(16)22)21-12-5-3-1-2-4-6-12/h7-8,11-13,15,18,23-24H,1-6,9-10H2,(H,19,21)/t13-,15+,18+/m0/s1. The molecule has 4 rings (SSSR count). The molecule has 2 aromatic heterocycles. The number of aliphatic hydroxyl groups excluding tert-OH is 2. The summed E-state index contributed by atoms with van der Waals surface area (Å²) in [5.41, 5.74) is 2.48. The summed E-state index contributed by atoms with van der Waals surface area (Å²) in [4.78, 5) is 8.97. The number of hydrogen-bond donors (Lipinski definition) is 3. The topological polar surface area (TPSA) is 92.4 Å². The highest BCUT2D eigenvalue weighted by Crippen LogP contribution is 2.32. The third-order valence-corrected chi connectivity index (χ3v) is 5.32. The number of rotatable bonds is 4. The lowest BCUT2D eigenvalue weighted by Gasteiger charge is -2.19. The first kappa shape index (κ1) is 16.8. The van der Waals surface area contributed by atoms with Crippen LogP contribution in [0.25, 0.3) is 11.2 Å². The molecule has 2 aromatic rings. The summed E-state index contributed by atoms with van der Waals surface area (Å²) in [6.07, 6.45) is 9.84. The van der Waals surface area contributed by atoms with Crippen LogP contribution in [0.2, 0.25) is 0 Å². The largest absolute Gasteiger partial charge is 0.394 e. The first-order chi connectivity index (χ1) is 12.3. The van der Waals surface area contributed by atoms with Crippen LogP contribution in [-0.2, 0) is 4.74 Å². The molecule has 1 aliphatic carbocycles. The number of hydrogen-bond acceptors (Lipinski definition) is 6. The second-order valence-electron chi connectivity index (χ2n) is 7.15. The van der Waals surface area contributed by atoms with E-state index in [0.717, 1.165) is 11.2 Å². The van der Waals surface area contributed by atoms with E-state index in [1.165, 1.54) is 38.5 Å². The number of nitrogens with zero attached hydrogens (tertiary/aromatic N) is 3. The molecule has 0 aromatic carbocycles. The maximum Gasteiger partial charge on any atom is 0.164 e. The Kier molecular flexibility index (Phi) is 4.87. The Morgan fingerprint density at radius 1 is 1.20 bits per heavy atom. The summed E-state index contributed by atoms with van der Waals surface area (Å²) in [5.74, 6) is 0. The van der Waals surface area contributed by atoms with E-state index in [0.29, 0.717) is 18.1 Å². The zero-order valence-corrected chi connectivity index (χ0v) is 14.3. The Morgan fingerprint density at radius 3 is 2.72 bits per heavy atom. The molecule has 2 aliphatic rings. The summed E-state index contributed by atoms with van der Waals surface area (Å²) in [6, 6.07) is 2.44. The van der Waals surface area contributed by atoms with Crippen molar-refractivity contribution < 1.29 is 14.9 Å². The van der Waals surface area contributed by atoms with Crippen molar-refractivity contribution in [1.82, 2.24) is 14.5 Å². The normalized spacial score (nSPS) is 28.3. The average molecular weight is 346 g/mol. The number of aromatic nitrogens is 3. The fourth-order valence-corrected chi connectivity index (χ4v) is 3.98. The van der Waals surface area contributed by atoms with Gasteiger partial charge in [0.05, 0.1) is 24.7 Å². The molecule has 1 saturated carbocycles. The van der Waals surface area contributed by atoms with Crippen LogP contribution in [0.4, 0.5) is 5.69 Å². The van der Waals surface area contributed by atoms with Crippen molar-refractivity contribution >= 4 is 16.9 Å². The molecule has 0 bridgehead atoms. The summed E-state index contributed by atoms with van der Waals surface area (Å²) < 4.78 is 7.52. The summed E-state index contributed by atoms with van der Waals surface area (Å²) >= 11 is 0. The molecule has 7 heteroatoms. The van der Waals surface area contributed by atoms with Gasteiger partial charge in [-0.3, -0.25) is 4.57 Å². The fraction of sp³-hybridized carbons (Fsp3) is 0.667. The van der Waals surface area contributed by atoms with Crippen LogP contribution in [0.5, 0.6) is 0 Å². The minimum absolute atomic E-state index is 0.0951. The number of imidazole rings is 1. The molecule has 7 nitrogen and oxygen atoms in total. The molecular formula is C18H26N4O3. The van der Waals surface area contributed by atoms with Crippen LogP contribution >= 0.6 is 0 Å². The molecule has 3 heterocycles. The van der Waals surface area contributed by atoms with E-state index in [9.17, 15) is 10.2 Å². The highest BCUT2D eigenvalue weighted by atomic mass is 16.5. The lowest BCUT2D eigenvalue weighted by Crippen LogP contribution is -2.20. The van der Waals surface area contributed by atoms with Crippen LogP contribution in [0.1, 0.15) is 51.2 Å². The second-order valence-corrected chi connectivity index (χ2v) is 7.15. The predicted octanol–water partition coefficient (Wildman–Crippen LogP) is 2.21. The van der Waals surface area contributed by atoms with E-state index in [-0.39, 0.29) is 12.7 Å². The molecule has 0 spiro atoms. The van der Waals surface area contributed by atoms with Crippen molar-refractivity contribution in [2.45, 2.75) is 69.4 Å². The van der Waals surface area contributed by atoms with Crippen LogP contribution in [0.3, 0.4) is 0 Å². The minimum atomic E-state index is -0.671. The maximum absolute atomic E-state index is 10.3. The van der Waals surface area contributed by atoms with Gasteiger partial charge in [0.2, 0.25) is 0 Å². The average Bonchev–Trinajstić information content (AvgIpc) is 3.11. The Labute approximate surface area is 147 Å². The second kappa shape index (κ2) is 7.27. The van der Waals surface area contributed by atoms with Crippen molar-refractivity contribution in [2.75, 3.05) is 11.9 Å². The van der Waals surface area contributed by atoms with Gasteiger partial charge in [-0.15, -0.1) is 0 Å². The Hall–Kier alpha value is -1.70. The molecule has 3 N–H and O–H groups in total. The van der Waals surface area contributed by atoms with Gasteiger partial charge in [0.1, 0.15) is 11.6 Å². The highest BCUT2D eigenvalue weighted by molar-refractivity contribution is 5.85. The van der Waals surface area contributed by atoms with Crippen molar-refractivity contribution in [1.29, 1.82) is 0 Å². The van der Waals surface area contributed by atoms with Gasteiger partial charge in [0.15, 0.2) is 11.9 Å². The van der Waals surface area contributed by atoms with Crippen LogP contribution in [0, 0.1) is 0 Å². The molecule has 2 fully saturated rings. The Bertz CT molecular complexity index is 711. The number of aliphatic hydroxyl groups is 2. The smallest absolute Gasteiger partial charge is 0.164 e. The molecule has 0 radical (unpaired) electrons. The van der Waals surface area contributed by atoms with Crippen LogP contribution in [0.15, 0.2) is 18.6 Å². The van der Waals surface area contributed by atoms with Crippen molar-refractivity contribution in [3.63, 3.8) is 0 Å². The van der Waals surface area contributed by atoms with E-state index in [4.69, 9.17) is 4.74 Å². The Balaban J connectivity index is 1.59. The molecule has 3 atom stereocenters. The van der Waals surface area contributed by atoms with Crippen molar-refractivity contribution in [3.05, 3.63) is 18.6 Å². The van der Waals surface area contributed by atoms with Crippen LogP contribution in [-0.4, -0.2) is 49.6 Å². The lowest BCUT2D eigenvalue weighted by molar-refractivity contribution is -0.0486. The van der Waals surface area contributed by atoms with E-state index in [1.54, 1.807) is 17.1 Å². The summed E-state index contributed by atoms with van der Waals surface area (Å²) in [7, 11) is 0. The number of nitrogens with one attached hydrogen (secondary N) is 1. The van der Waals surface area contributed by atoms with E-state index in [2.05, 4.69) is 15.3 Å². The highest BCUT2D eigenvalue weighted by Gasteiger charge is 2.35. The molecule has 136 valence electrons. The van der Waals surface area contributed by atoms with Crippen molar-refractivity contribution in [2.24, 2.45) is 0 Å². The predicted molar refractivity (Wildman–Crippen MR) is 94.3 cm³/mol. The molecule has 1 saturated heterocycles. The minimum Gasteiger partial charge on any atom is -0.394 e. The number of ether oxygens (including phenoxy) is 1. The molecular weight excluding hydrogens is 320 g/mol. The molecule has 25 heavy (non-hydrogen) atoms. The van der Waals surface area contributed by atoms with Gasteiger partial charge in [-0.05, 0) is 18.9 Å². The SMILES string of the molecule is OC[C@@H]1C[C@@H](O)[C@H](n2cnc3c(NC4CCCCCC4)ccnc32)O1. The summed E-state index contributed by atoms with van der Waals surface area (Å²) in [5, 5.41) is 23.2. The van der Waals surface area contributed by atoms with Crippen LogP contribution < -0.4 is 5.32 Å². The van der Waals surface area contributed by atoms with Gasteiger partial charge < -0.3 is 20.3 Å². The monoisotopic (exact) mass is 346 g/mol. The van der Waals surface area contributed by atoms with Gasteiger partial charge in [-0.25, -0.2) is 9.97 Å². The van der Waals surface area contributed by atoms with E-state index in [1.807, 2.05) is 6.07 Å². The first-order valence-corrected chi connectivity index (χ1v) is 9.28. The quantitative estimate of drug-likeness (QED) is 0.735. The van der Waals surface area contributed by atoms with E-state index < -0.39 is 12.3 Å². The van der Waals surface area contributed by atoms with Gasteiger partial charge in [0.25, 0.3) is 0 Å². The Morgan fingerprint density at radius 2 is 2.00 bits per heavy atom. The maximum atomic E-state index is 10.3. The third kappa shape index (κ3) is 3.36. The van der Waals surface area contributed by atoms with Gasteiger partial charge in [-0.2, -0.15) is 0 Å². The fourth-order valence-electron chi connectivity index (χ4n) is 3.98. The molecule has 0 unspecified atom stereocenters. The first-order valence-electron chi connectivity index (χ1n) is 9.28. The number of anilines is 1.